The third kappa shape index (κ3) is 5.83. The third-order valence-corrected chi connectivity index (χ3v) is 8.56. The van der Waals surface area contributed by atoms with E-state index in [0.717, 1.165) is 29.8 Å². The first-order chi connectivity index (χ1) is 20.5. The molecule has 4 amide bonds. The number of rotatable bonds is 8. The molecule has 3 aliphatic heterocycles. The second-order valence-corrected chi connectivity index (χ2v) is 11.3. The zero-order valence-electron chi connectivity index (χ0n) is 24.1. The molecule has 2 atom stereocenters. The molecule has 0 spiro atoms. The predicted octanol–water partition coefficient (Wildman–Crippen LogP) is 3.47. The summed E-state index contributed by atoms with van der Waals surface area (Å²) in [6.45, 7) is 3.30. The number of fused-ring (bicyclic) bond motifs is 1. The summed E-state index contributed by atoms with van der Waals surface area (Å²) in [6.07, 6.45) is 2.37. The Morgan fingerprint density at radius 2 is 1.55 bits per heavy atom. The zero-order valence-corrected chi connectivity index (χ0v) is 24.1. The Hall–Kier alpha value is -4.37. The molecule has 0 aromatic heterocycles. The minimum atomic E-state index is -0.647. The smallest absolute Gasteiger partial charge is 0.332 e. The molecule has 3 fully saturated rings. The van der Waals surface area contributed by atoms with Gasteiger partial charge in [-0.1, -0.05) is 72.8 Å². The van der Waals surface area contributed by atoms with E-state index in [1.807, 2.05) is 65.6 Å². The Balaban J connectivity index is 1.24. The van der Waals surface area contributed by atoms with Gasteiger partial charge in [-0.15, -0.1) is 0 Å². The maximum atomic E-state index is 14.0. The predicted molar refractivity (Wildman–Crippen MR) is 161 cm³/mol. The summed E-state index contributed by atoms with van der Waals surface area (Å²) >= 11 is 0. The van der Waals surface area contributed by atoms with E-state index in [9.17, 15) is 14.4 Å². The molecular weight excluding hydrogens is 528 g/mol. The quantitative estimate of drug-likeness (QED) is 0.452. The van der Waals surface area contributed by atoms with Crippen molar-refractivity contribution in [3.63, 3.8) is 0 Å². The van der Waals surface area contributed by atoms with E-state index < -0.39 is 12.2 Å². The van der Waals surface area contributed by atoms with Crippen LogP contribution in [0.4, 0.5) is 10.5 Å². The van der Waals surface area contributed by atoms with Gasteiger partial charge in [0, 0.05) is 45.3 Å². The van der Waals surface area contributed by atoms with Crippen LogP contribution >= 0.6 is 0 Å². The number of hydrogen-bond donors (Lipinski definition) is 1. The Kier molecular flexibility index (Phi) is 8.10. The van der Waals surface area contributed by atoms with Crippen LogP contribution in [-0.2, 0) is 29.1 Å². The molecule has 0 bridgehead atoms. The number of hydrazine groups is 1. The van der Waals surface area contributed by atoms with Crippen molar-refractivity contribution < 1.29 is 14.4 Å². The molecule has 3 aromatic rings. The lowest BCUT2D eigenvalue weighted by atomic mass is 10.00. The van der Waals surface area contributed by atoms with Crippen molar-refractivity contribution in [1.82, 2.24) is 25.1 Å². The summed E-state index contributed by atoms with van der Waals surface area (Å²) in [6, 6.07) is 27.0. The summed E-state index contributed by atoms with van der Waals surface area (Å²) in [4.78, 5) is 46.7. The normalized spacial score (nSPS) is 20.6. The van der Waals surface area contributed by atoms with E-state index >= 15 is 0 Å². The number of anilines is 1. The number of benzene rings is 3. The number of nitrogens with zero attached hydrogens (tertiary/aromatic N) is 5. The average molecular weight is 567 g/mol. The summed E-state index contributed by atoms with van der Waals surface area (Å²) in [5.74, 6) is -0.208. The fraction of sp³-hybridized carbons (Fsp3) is 0.364. The molecule has 0 saturated carbocycles. The standard InChI is InChI=1S/C33H38N6O3/c1-35(33(42)34-21-26-13-6-3-7-14-26)38-24-31(40)39-29(20-25-11-4-2-5-12-25)32(41)37(23-30(38)39)22-27-15-10-16-28(19-27)36-17-8-9-18-36/h2-7,10-16,19,29-30H,8-9,17-18,20-24H2,1H3,(H,34,42)/t29-,30+/m0/s1. The number of piperazine rings is 1. The fourth-order valence-electron chi connectivity index (χ4n) is 6.34. The highest BCUT2D eigenvalue weighted by molar-refractivity contribution is 5.91. The first kappa shape index (κ1) is 27.8. The number of nitrogens with one attached hydrogen (secondary N) is 1. The van der Waals surface area contributed by atoms with Crippen molar-refractivity contribution in [2.45, 2.75) is 44.6 Å². The SMILES string of the molecule is CN(C(=O)NCc1ccccc1)N1CC(=O)N2[C@@H](Cc3ccccc3)C(=O)N(Cc3cccc(N4CCCC4)c3)C[C@@H]21. The lowest BCUT2D eigenvalue weighted by Crippen LogP contribution is -2.65. The van der Waals surface area contributed by atoms with Crippen molar-refractivity contribution in [3.8, 4) is 0 Å². The Labute approximate surface area is 247 Å². The van der Waals surface area contributed by atoms with Crippen molar-refractivity contribution in [1.29, 1.82) is 0 Å². The van der Waals surface area contributed by atoms with Crippen LogP contribution in [0, 0.1) is 0 Å². The first-order valence-electron chi connectivity index (χ1n) is 14.8. The van der Waals surface area contributed by atoms with Gasteiger partial charge in [0.05, 0.1) is 13.1 Å². The van der Waals surface area contributed by atoms with E-state index in [0.29, 0.717) is 26.1 Å². The molecule has 0 unspecified atom stereocenters. The monoisotopic (exact) mass is 566 g/mol. The average Bonchev–Trinajstić information content (AvgIpc) is 3.67. The van der Waals surface area contributed by atoms with Crippen molar-refractivity contribution in [3.05, 3.63) is 102 Å². The first-order valence-corrected chi connectivity index (χ1v) is 14.8. The number of amides is 4. The maximum Gasteiger partial charge on any atom is 0.332 e. The zero-order chi connectivity index (χ0) is 29.1. The van der Waals surface area contributed by atoms with Gasteiger partial charge in [0.25, 0.3) is 0 Å². The van der Waals surface area contributed by atoms with Crippen LogP contribution in [0.1, 0.15) is 29.5 Å². The van der Waals surface area contributed by atoms with E-state index in [1.54, 1.807) is 17.0 Å². The highest BCUT2D eigenvalue weighted by Crippen LogP contribution is 2.30. The minimum absolute atomic E-state index is 0.0385. The van der Waals surface area contributed by atoms with Crippen LogP contribution in [0.2, 0.25) is 0 Å². The van der Waals surface area contributed by atoms with Gasteiger partial charge in [0.1, 0.15) is 12.2 Å². The van der Waals surface area contributed by atoms with E-state index in [1.165, 1.54) is 23.5 Å². The van der Waals surface area contributed by atoms with Crippen molar-refractivity contribution in [2.75, 3.05) is 38.1 Å². The Morgan fingerprint density at radius 3 is 2.26 bits per heavy atom. The largest absolute Gasteiger partial charge is 0.372 e. The molecule has 3 saturated heterocycles. The fourth-order valence-corrected chi connectivity index (χ4v) is 6.34. The lowest BCUT2D eigenvalue weighted by Gasteiger charge is -2.45. The Morgan fingerprint density at radius 1 is 0.881 bits per heavy atom. The van der Waals surface area contributed by atoms with Gasteiger partial charge >= 0.3 is 6.03 Å². The number of carbonyl (C=O) groups is 3. The van der Waals surface area contributed by atoms with Gasteiger partial charge < -0.3 is 20.0 Å². The van der Waals surface area contributed by atoms with E-state index in [-0.39, 0.29) is 24.4 Å². The molecule has 6 rings (SSSR count). The molecule has 3 aliphatic rings. The third-order valence-electron chi connectivity index (χ3n) is 8.56. The van der Waals surface area contributed by atoms with Crippen LogP contribution in [0.25, 0.3) is 0 Å². The van der Waals surface area contributed by atoms with Crippen LogP contribution in [0.15, 0.2) is 84.9 Å². The van der Waals surface area contributed by atoms with Gasteiger partial charge in [-0.2, -0.15) is 5.01 Å². The molecule has 42 heavy (non-hydrogen) atoms. The summed E-state index contributed by atoms with van der Waals surface area (Å²) in [5.41, 5.74) is 4.23. The molecular formula is C33H38N6O3. The topological polar surface area (TPSA) is 79.4 Å². The summed E-state index contributed by atoms with van der Waals surface area (Å²) in [7, 11) is 1.68. The number of hydrogen-bond acceptors (Lipinski definition) is 5. The molecule has 1 N–H and O–H groups in total. The highest BCUT2D eigenvalue weighted by Gasteiger charge is 2.51. The maximum absolute atomic E-state index is 14.0. The highest BCUT2D eigenvalue weighted by atomic mass is 16.2. The van der Waals surface area contributed by atoms with Gasteiger partial charge in [0.15, 0.2) is 0 Å². The molecule has 9 nitrogen and oxygen atoms in total. The summed E-state index contributed by atoms with van der Waals surface area (Å²) in [5, 5.41) is 6.25. The molecule has 0 radical (unpaired) electrons. The minimum Gasteiger partial charge on any atom is -0.372 e. The van der Waals surface area contributed by atoms with Crippen molar-refractivity contribution >= 4 is 23.5 Å². The van der Waals surface area contributed by atoms with E-state index in [4.69, 9.17) is 0 Å². The van der Waals surface area contributed by atoms with Gasteiger partial charge in [-0.25, -0.2) is 4.79 Å². The van der Waals surface area contributed by atoms with Gasteiger partial charge in [-0.3, -0.25) is 14.6 Å². The molecule has 218 valence electrons. The van der Waals surface area contributed by atoms with Crippen molar-refractivity contribution in [2.24, 2.45) is 0 Å². The molecule has 0 aliphatic carbocycles. The molecule has 9 heteroatoms. The summed E-state index contributed by atoms with van der Waals surface area (Å²) < 4.78 is 0. The second kappa shape index (κ2) is 12.2. The number of carbonyl (C=O) groups excluding carboxylic acids is 3. The lowest BCUT2D eigenvalue weighted by molar-refractivity contribution is -0.157. The van der Waals surface area contributed by atoms with Crippen LogP contribution in [0.5, 0.6) is 0 Å². The Bertz CT molecular complexity index is 1410. The van der Waals surface area contributed by atoms with Gasteiger partial charge in [-0.05, 0) is 41.7 Å². The second-order valence-electron chi connectivity index (χ2n) is 11.3. The van der Waals surface area contributed by atoms with E-state index in [2.05, 4.69) is 34.5 Å². The molecule has 3 heterocycles. The molecule has 3 aromatic carbocycles. The number of urea groups is 1. The van der Waals surface area contributed by atoms with Crippen LogP contribution < -0.4 is 10.2 Å². The van der Waals surface area contributed by atoms with Crippen LogP contribution in [0.3, 0.4) is 0 Å². The van der Waals surface area contributed by atoms with Gasteiger partial charge in [0.2, 0.25) is 11.8 Å². The van der Waals surface area contributed by atoms with Crippen LogP contribution in [-0.4, -0.2) is 83.1 Å².